The van der Waals surface area contributed by atoms with Crippen molar-refractivity contribution in [1.82, 2.24) is 20.7 Å². The minimum absolute atomic E-state index is 0.123. The standard InChI is InChI=1S/C26H33ClN4O5/c1-18-23(32)28-12-4-16-35-15-3-2-9-26(25(34)29-18)10-13-31(14-11-26)24(33)21-17-36-30-22(21)19-5-7-20(27)8-6-19/h5-8,17-18H,2-4,9-16H2,1H3,(H,28,32)(H,29,34)/t18-/m0/s1. The summed E-state index contributed by atoms with van der Waals surface area (Å²) in [5.74, 6) is -0.508. The van der Waals surface area contributed by atoms with Crippen molar-refractivity contribution in [2.45, 2.75) is 51.5 Å². The fraction of sp³-hybridized carbons (Fsp3) is 0.538. The Labute approximate surface area is 215 Å². The lowest BCUT2D eigenvalue weighted by Crippen LogP contribution is -2.54. The maximum absolute atomic E-state index is 13.4. The molecule has 36 heavy (non-hydrogen) atoms. The fourth-order valence-corrected chi connectivity index (χ4v) is 4.95. The number of ether oxygens (including phenoxy) is 1. The lowest BCUT2D eigenvalue weighted by Gasteiger charge is -2.41. The average molecular weight is 517 g/mol. The Hall–Kier alpha value is -2.91. The van der Waals surface area contributed by atoms with Crippen LogP contribution in [0.25, 0.3) is 11.3 Å². The largest absolute Gasteiger partial charge is 0.381 e. The first-order valence-electron chi connectivity index (χ1n) is 12.6. The molecule has 194 valence electrons. The fourth-order valence-electron chi connectivity index (χ4n) is 4.83. The molecular formula is C26H33ClN4O5. The Balaban J connectivity index is 1.46. The molecule has 2 fully saturated rings. The predicted molar refractivity (Wildman–Crippen MR) is 134 cm³/mol. The van der Waals surface area contributed by atoms with E-state index in [0.29, 0.717) is 68.4 Å². The zero-order valence-corrected chi connectivity index (χ0v) is 21.3. The Morgan fingerprint density at radius 2 is 1.81 bits per heavy atom. The highest BCUT2D eigenvalue weighted by atomic mass is 35.5. The normalized spacial score (nSPS) is 21.9. The van der Waals surface area contributed by atoms with Crippen LogP contribution in [0.5, 0.6) is 0 Å². The summed E-state index contributed by atoms with van der Waals surface area (Å²) in [6.07, 6.45) is 5.53. The van der Waals surface area contributed by atoms with E-state index in [0.717, 1.165) is 24.8 Å². The summed E-state index contributed by atoms with van der Waals surface area (Å²) < 4.78 is 10.8. The van der Waals surface area contributed by atoms with E-state index in [1.165, 1.54) is 6.26 Å². The van der Waals surface area contributed by atoms with Gasteiger partial charge >= 0.3 is 0 Å². The van der Waals surface area contributed by atoms with Crippen molar-refractivity contribution in [2.24, 2.45) is 5.41 Å². The van der Waals surface area contributed by atoms with Crippen LogP contribution in [0.3, 0.4) is 0 Å². The molecule has 1 aromatic heterocycles. The van der Waals surface area contributed by atoms with E-state index in [9.17, 15) is 14.4 Å². The van der Waals surface area contributed by atoms with Gasteiger partial charge < -0.3 is 24.8 Å². The van der Waals surface area contributed by atoms with Crippen LogP contribution in [0.2, 0.25) is 5.02 Å². The molecule has 10 heteroatoms. The van der Waals surface area contributed by atoms with Crippen LogP contribution >= 0.6 is 11.6 Å². The van der Waals surface area contributed by atoms with Gasteiger partial charge in [-0.15, -0.1) is 0 Å². The molecular weight excluding hydrogens is 484 g/mol. The highest BCUT2D eigenvalue weighted by molar-refractivity contribution is 6.30. The van der Waals surface area contributed by atoms with Gasteiger partial charge in [0.15, 0.2) is 0 Å². The number of likely N-dealkylation sites (tertiary alicyclic amines) is 1. The van der Waals surface area contributed by atoms with Crippen molar-refractivity contribution in [3.8, 4) is 11.3 Å². The molecule has 9 nitrogen and oxygen atoms in total. The number of piperidine rings is 1. The molecule has 3 amide bonds. The molecule has 4 rings (SSSR count). The number of rotatable bonds is 2. The van der Waals surface area contributed by atoms with Crippen LogP contribution in [0, 0.1) is 5.41 Å². The van der Waals surface area contributed by atoms with Crippen molar-refractivity contribution in [3.05, 3.63) is 41.1 Å². The summed E-state index contributed by atoms with van der Waals surface area (Å²) in [5, 5.41) is 10.4. The first kappa shape index (κ1) is 26.2. The topological polar surface area (TPSA) is 114 Å². The molecule has 1 spiro atoms. The smallest absolute Gasteiger partial charge is 0.259 e. The monoisotopic (exact) mass is 516 g/mol. The Bertz CT molecular complexity index is 1060. The molecule has 0 unspecified atom stereocenters. The second-order valence-corrected chi connectivity index (χ2v) is 10.0. The number of carbonyl (C=O) groups excluding carboxylic acids is 3. The van der Waals surface area contributed by atoms with Crippen molar-refractivity contribution >= 4 is 29.3 Å². The van der Waals surface area contributed by atoms with Crippen LogP contribution < -0.4 is 10.6 Å². The van der Waals surface area contributed by atoms with Gasteiger partial charge in [-0.25, -0.2) is 0 Å². The van der Waals surface area contributed by atoms with Crippen LogP contribution in [0.4, 0.5) is 0 Å². The molecule has 2 aliphatic heterocycles. The highest BCUT2D eigenvalue weighted by Crippen LogP contribution is 2.38. The summed E-state index contributed by atoms with van der Waals surface area (Å²) in [6, 6.07) is 6.44. The van der Waals surface area contributed by atoms with Crippen LogP contribution in [0.15, 0.2) is 35.1 Å². The van der Waals surface area contributed by atoms with E-state index < -0.39 is 11.5 Å². The first-order valence-corrected chi connectivity index (χ1v) is 12.9. The third kappa shape index (κ3) is 6.07. The number of amides is 3. The first-order chi connectivity index (χ1) is 17.4. The Kier molecular flexibility index (Phi) is 8.64. The van der Waals surface area contributed by atoms with Crippen LogP contribution in [0.1, 0.15) is 55.8 Å². The lowest BCUT2D eigenvalue weighted by atomic mass is 9.73. The predicted octanol–water partition coefficient (Wildman–Crippen LogP) is 3.43. The van der Waals surface area contributed by atoms with Gasteiger partial charge in [-0.05, 0) is 51.2 Å². The molecule has 2 aliphatic rings. The molecule has 1 atom stereocenters. The second-order valence-electron chi connectivity index (χ2n) is 9.57. The molecule has 2 saturated heterocycles. The quantitative estimate of drug-likeness (QED) is 0.632. The Morgan fingerprint density at radius 1 is 1.08 bits per heavy atom. The van der Waals surface area contributed by atoms with Gasteiger partial charge in [-0.3, -0.25) is 14.4 Å². The second kappa shape index (κ2) is 11.9. The molecule has 0 aliphatic carbocycles. The number of aromatic nitrogens is 1. The molecule has 2 N–H and O–H groups in total. The number of carbonyl (C=O) groups is 3. The maximum Gasteiger partial charge on any atom is 0.259 e. The third-order valence-electron chi connectivity index (χ3n) is 7.11. The van der Waals surface area contributed by atoms with Crippen LogP contribution in [-0.4, -0.2) is 66.7 Å². The van der Waals surface area contributed by atoms with Gasteiger partial charge in [0.2, 0.25) is 11.8 Å². The van der Waals surface area contributed by atoms with Crippen molar-refractivity contribution in [3.63, 3.8) is 0 Å². The number of benzene rings is 1. The third-order valence-corrected chi connectivity index (χ3v) is 7.36. The summed E-state index contributed by atoms with van der Waals surface area (Å²) in [4.78, 5) is 40.9. The molecule has 2 aromatic rings. The van der Waals surface area contributed by atoms with Gasteiger partial charge in [0.1, 0.15) is 23.6 Å². The van der Waals surface area contributed by atoms with E-state index >= 15 is 0 Å². The molecule has 1 aromatic carbocycles. The zero-order chi connectivity index (χ0) is 25.5. The number of hydrogen-bond acceptors (Lipinski definition) is 6. The molecule has 3 heterocycles. The minimum Gasteiger partial charge on any atom is -0.381 e. The number of nitrogens with zero attached hydrogens (tertiary/aromatic N) is 2. The Morgan fingerprint density at radius 3 is 2.56 bits per heavy atom. The number of hydrogen-bond donors (Lipinski definition) is 2. The minimum atomic E-state index is -0.636. The highest BCUT2D eigenvalue weighted by Gasteiger charge is 2.43. The maximum atomic E-state index is 13.4. The molecule has 0 saturated carbocycles. The van der Waals surface area contributed by atoms with E-state index in [-0.39, 0.29) is 17.7 Å². The van der Waals surface area contributed by atoms with Crippen LogP contribution in [-0.2, 0) is 14.3 Å². The SMILES string of the molecule is C[C@@H]1NC(=O)C2(CCCCOCCCNC1=O)CCN(C(=O)c1conc1-c1ccc(Cl)cc1)CC2. The molecule has 0 bridgehead atoms. The van der Waals surface area contributed by atoms with E-state index in [4.69, 9.17) is 20.9 Å². The van der Waals surface area contributed by atoms with E-state index in [2.05, 4.69) is 15.8 Å². The van der Waals surface area contributed by atoms with E-state index in [1.807, 2.05) is 0 Å². The van der Waals surface area contributed by atoms with Gasteiger partial charge in [0.05, 0.1) is 5.41 Å². The van der Waals surface area contributed by atoms with Gasteiger partial charge in [0, 0.05) is 43.4 Å². The van der Waals surface area contributed by atoms with Gasteiger partial charge in [-0.2, -0.15) is 0 Å². The average Bonchev–Trinajstić information content (AvgIpc) is 3.37. The zero-order valence-electron chi connectivity index (χ0n) is 20.6. The van der Waals surface area contributed by atoms with Crippen molar-refractivity contribution < 1.29 is 23.6 Å². The van der Waals surface area contributed by atoms with E-state index in [1.54, 1.807) is 36.1 Å². The number of nitrogens with one attached hydrogen (secondary N) is 2. The summed E-state index contributed by atoms with van der Waals surface area (Å²) in [6.45, 7) is 4.30. The van der Waals surface area contributed by atoms with Crippen molar-refractivity contribution in [2.75, 3.05) is 32.8 Å². The molecule has 0 radical (unpaired) electrons. The number of halogens is 1. The summed E-state index contributed by atoms with van der Waals surface area (Å²) >= 11 is 5.99. The lowest BCUT2D eigenvalue weighted by molar-refractivity contribution is -0.137. The van der Waals surface area contributed by atoms with Crippen molar-refractivity contribution in [1.29, 1.82) is 0 Å². The summed E-state index contributed by atoms with van der Waals surface area (Å²) in [5.41, 5.74) is 0.951. The van der Waals surface area contributed by atoms with Gasteiger partial charge in [0.25, 0.3) is 5.91 Å². The summed E-state index contributed by atoms with van der Waals surface area (Å²) in [7, 11) is 0. The van der Waals surface area contributed by atoms with Gasteiger partial charge in [-0.1, -0.05) is 35.3 Å².